The highest BCUT2D eigenvalue weighted by atomic mass is 16.5. The highest BCUT2D eigenvalue weighted by Gasteiger charge is 2.33. The van der Waals surface area contributed by atoms with Gasteiger partial charge in [0.05, 0.1) is 7.11 Å². The van der Waals surface area contributed by atoms with E-state index in [4.69, 9.17) is 4.74 Å². The van der Waals surface area contributed by atoms with Gasteiger partial charge in [0.15, 0.2) is 0 Å². The minimum absolute atomic E-state index is 0.415. The summed E-state index contributed by atoms with van der Waals surface area (Å²) in [7, 11) is 1.60. The maximum atomic E-state index is 5.03. The van der Waals surface area contributed by atoms with Crippen molar-refractivity contribution in [3.8, 4) is 6.01 Å². The van der Waals surface area contributed by atoms with Gasteiger partial charge in [-0.25, -0.2) is 9.97 Å². The van der Waals surface area contributed by atoms with Gasteiger partial charge >= 0.3 is 6.01 Å². The van der Waals surface area contributed by atoms with Crippen LogP contribution in [0.4, 0.5) is 0 Å². The summed E-state index contributed by atoms with van der Waals surface area (Å²) in [5, 5.41) is 0. The molecule has 0 bridgehead atoms. The Hall–Kier alpha value is -1.20. The Morgan fingerprint density at radius 3 is 2.20 bits per heavy atom. The fourth-order valence-electron chi connectivity index (χ4n) is 4.43. The van der Waals surface area contributed by atoms with E-state index in [2.05, 4.69) is 40.5 Å². The summed E-state index contributed by atoms with van der Waals surface area (Å²) in [6.07, 6.45) is 7.85. The van der Waals surface area contributed by atoms with E-state index >= 15 is 0 Å². The first-order valence-corrected chi connectivity index (χ1v) is 9.72. The van der Waals surface area contributed by atoms with E-state index in [1.165, 1.54) is 57.5 Å². The third-order valence-electron chi connectivity index (χ3n) is 5.58. The Labute approximate surface area is 152 Å². The van der Waals surface area contributed by atoms with Gasteiger partial charge < -0.3 is 9.64 Å². The van der Waals surface area contributed by atoms with Crippen molar-refractivity contribution < 1.29 is 4.74 Å². The average Bonchev–Trinajstić information content (AvgIpc) is 3.03. The van der Waals surface area contributed by atoms with E-state index in [1.54, 1.807) is 7.11 Å². The normalized spacial score (nSPS) is 23.9. The lowest BCUT2D eigenvalue weighted by molar-refractivity contribution is 0.137. The molecule has 0 N–H and O–H groups in total. The van der Waals surface area contributed by atoms with Crippen LogP contribution >= 0.6 is 0 Å². The van der Waals surface area contributed by atoms with Crippen molar-refractivity contribution in [3.05, 3.63) is 18.0 Å². The monoisotopic (exact) mass is 346 g/mol. The molecule has 3 heterocycles. The smallest absolute Gasteiger partial charge is 0.316 e. The van der Waals surface area contributed by atoms with Crippen LogP contribution in [0, 0.1) is 17.3 Å². The molecule has 5 nitrogen and oxygen atoms in total. The van der Waals surface area contributed by atoms with Gasteiger partial charge in [0.2, 0.25) is 0 Å². The molecule has 0 radical (unpaired) electrons. The summed E-state index contributed by atoms with van der Waals surface area (Å²) in [5.41, 5.74) is 1.59. The molecule has 3 rings (SSSR count). The molecule has 0 saturated carbocycles. The summed E-state index contributed by atoms with van der Waals surface area (Å²) in [6.45, 7) is 14.3. The SMILES string of the molecule is COc1ncc(CN2CCC(C3CCN(CC(C)(C)C)C3)CC2)cn1. The Kier molecular flexibility index (Phi) is 5.95. The van der Waals surface area contributed by atoms with Crippen LogP contribution in [0.2, 0.25) is 0 Å². The Morgan fingerprint density at radius 1 is 1.00 bits per heavy atom. The molecule has 1 aromatic heterocycles. The Morgan fingerprint density at radius 2 is 1.60 bits per heavy atom. The Bertz CT molecular complexity index is 532. The van der Waals surface area contributed by atoms with Crippen molar-refractivity contribution >= 4 is 0 Å². The molecular formula is C20H34N4O. The number of hydrogen-bond donors (Lipinski definition) is 0. The number of piperidine rings is 1. The first kappa shape index (κ1) is 18.6. The molecule has 1 atom stereocenters. The quantitative estimate of drug-likeness (QED) is 0.820. The first-order valence-electron chi connectivity index (χ1n) is 9.72. The maximum absolute atomic E-state index is 5.03. The van der Waals surface area contributed by atoms with Gasteiger partial charge in [-0.05, 0) is 56.1 Å². The van der Waals surface area contributed by atoms with Crippen molar-refractivity contribution in [2.24, 2.45) is 17.3 Å². The number of rotatable bonds is 5. The molecule has 5 heteroatoms. The second-order valence-corrected chi connectivity index (χ2v) is 9.04. The van der Waals surface area contributed by atoms with Crippen molar-refractivity contribution in [2.75, 3.05) is 39.8 Å². The molecule has 2 aliphatic heterocycles. The zero-order valence-corrected chi connectivity index (χ0v) is 16.4. The number of aromatic nitrogens is 2. The van der Waals surface area contributed by atoms with E-state index in [0.717, 1.165) is 18.4 Å². The van der Waals surface area contributed by atoms with Crippen molar-refractivity contribution in [1.29, 1.82) is 0 Å². The molecule has 0 aromatic carbocycles. The number of methoxy groups -OCH3 is 1. The largest absolute Gasteiger partial charge is 0.467 e. The lowest BCUT2D eigenvalue weighted by Crippen LogP contribution is -2.37. The number of hydrogen-bond acceptors (Lipinski definition) is 5. The highest BCUT2D eigenvalue weighted by Crippen LogP contribution is 2.33. The van der Waals surface area contributed by atoms with Crippen LogP contribution in [0.15, 0.2) is 12.4 Å². The third-order valence-corrected chi connectivity index (χ3v) is 5.58. The Balaban J connectivity index is 1.42. The predicted octanol–water partition coefficient (Wildman–Crippen LogP) is 3.07. The second-order valence-electron chi connectivity index (χ2n) is 9.04. The minimum atomic E-state index is 0.415. The fourth-order valence-corrected chi connectivity index (χ4v) is 4.43. The molecular weight excluding hydrogens is 312 g/mol. The molecule has 2 fully saturated rings. The van der Waals surface area contributed by atoms with Gasteiger partial charge in [0, 0.05) is 37.6 Å². The van der Waals surface area contributed by atoms with Gasteiger partial charge in [-0.2, -0.15) is 0 Å². The van der Waals surface area contributed by atoms with Crippen molar-refractivity contribution in [2.45, 2.75) is 46.6 Å². The standard InChI is InChI=1S/C20H34N4O/c1-20(2,3)15-24-10-7-18(14-24)17-5-8-23(9-6-17)13-16-11-21-19(25-4)22-12-16/h11-12,17-18H,5-10,13-15H2,1-4H3. The van der Waals surface area contributed by atoms with E-state index in [0.29, 0.717) is 11.4 Å². The summed E-state index contributed by atoms with van der Waals surface area (Å²) in [5.74, 6) is 1.82. The van der Waals surface area contributed by atoms with Gasteiger partial charge in [-0.15, -0.1) is 0 Å². The summed E-state index contributed by atoms with van der Waals surface area (Å²) in [6, 6.07) is 0.448. The summed E-state index contributed by atoms with van der Waals surface area (Å²) >= 11 is 0. The lowest BCUT2D eigenvalue weighted by atomic mass is 9.83. The first-order chi connectivity index (χ1) is 11.9. The van der Waals surface area contributed by atoms with E-state index in [9.17, 15) is 0 Å². The van der Waals surface area contributed by atoms with Crippen LogP contribution in [0.5, 0.6) is 6.01 Å². The fraction of sp³-hybridized carbons (Fsp3) is 0.800. The highest BCUT2D eigenvalue weighted by molar-refractivity contribution is 5.07. The van der Waals surface area contributed by atoms with Crippen molar-refractivity contribution in [3.63, 3.8) is 0 Å². The summed E-state index contributed by atoms with van der Waals surface area (Å²) in [4.78, 5) is 13.7. The molecule has 0 spiro atoms. The lowest BCUT2D eigenvalue weighted by Gasteiger charge is -2.35. The zero-order chi connectivity index (χ0) is 17.9. The predicted molar refractivity (Wildman–Crippen MR) is 101 cm³/mol. The molecule has 0 amide bonds. The topological polar surface area (TPSA) is 41.5 Å². The number of likely N-dealkylation sites (tertiary alicyclic amines) is 2. The van der Waals surface area contributed by atoms with Crippen LogP contribution in [0.3, 0.4) is 0 Å². The molecule has 2 aliphatic rings. The average molecular weight is 347 g/mol. The molecule has 140 valence electrons. The second kappa shape index (κ2) is 8.00. The van der Waals surface area contributed by atoms with Gasteiger partial charge in [0.25, 0.3) is 0 Å². The maximum Gasteiger partial charge on any atom is 0.316 e. The summed E-state index contributed by atoms with van der Waals surface area (Å²) < 4.78 is 5.03. The number of nitrogens with zero attached hydrogens (tertiary/aromatic N) is 4. The zero-order valence-electron chi connectivity index (χ0n) is 16.4. The van der Waals surface area contributed by atoms with Crippen LogP contribution in [0.25, 0.3) is 0 Å². The van der Waals surface area contributed by atoms with E-state index < -0.39 is 0 Å². The molecule has 2 saturated heterocycles. The van der Waals surface area contributed by atoms with Crippen LogP contribution in [-0.4, -0.2) is 59.6 Å². The van der Waals surface area contributed by atoms with Gasteiger partial charge in [-0.3, -0.25) is 4.90 Å². The number of ether oxygens (including phenoxy) is 1. The van der Waals surface area contributed by atoms with Gasteiger partial charge in [-0.1, -0.05) is 20.8 Å². The van der Waals surface area contributed by atoms with Crippen LogP contribution in [0.1, 0.15) is 45.6 Å². The van der Waals surface area contributed by atoms with Crippen LogP contribution in [-0.2, 0) is 6.54 Å². The molecule has 0 aliphatic carbocycles. The minimum Gasteiger partial charge on any atom is -0.467 e. The third kappa shape index (κ3) is 5.38. The molecule has 1 aromatic rings. The molecule has 25 heavy (non-hydrogen) atoms. The molecule has 1 unspecified atom stereocenters. The van der Waals surface area contributed by atoms with E-state index in [1.807, 2.05) is 12.4 Å². The van der Waals surface area contributed by atoms with Crippen molar-refractivity contribution in [1.82, 2.24) is 19.8 Å². The van der Waals surface area contributed by atoms with E-state index in [-0.39, 0.29) is 0 Å². The van der Waals surface area contributed by atoms with Gasteiger partial charge in [0.1, 0.15) is 0 Å². The van der Waals surface area contributed by atoms with Crippen LogP contribution < -0.4 is 4.74 Å².